The molecule has 0 spiro atoms. The highest BCUT2D eigenvalue weighted by molar-refractivity contribution is 6.09. The van der Waals surface area contributed by atoms with Crippen LogP contribution in [0, 0.1) is 0 Å². The molecule has 1 unspecified atom stereocenters. The summed E-state index contributed by atoms with van der Waals surface area (Å²) < 4.78 is 46.0. The number of hydrogen-bond donors (Lipinski definition) is 2. The number of anilines is 2. The molecule has 2 aromatic heterocycles. The van der Waals surface area contributed by atoms with Gasteiger partial charge < -0.3 is 20.1 Å². The zero-order chi connectivity index (χ0) is 24.5. The first-order valence-corrected chi connectivity index (χ1v) is 11.3. The van der Waals surface area contributed by atoms with Crippen molar-refractivity contribution in [3.05, 3.63) is 47.9 Å². The summed E-state index contributed by atoms with van der Waals surface area (Å²) in [6.45, 7) is 1.42. The van der Waals surface area contributed by atoms with Crippen LogP contribution in [0.15, 0.2) is 36.8 Å². The molecule has 0 aliphatic carbocycles. The maximum absolute atomic E-state index is 13.2. The minimum atomic E-state index is -4.23. The normalized spacial score (nSPS) is 25.5. The molecule has 12 heteroatoms. The highest BCUT2D eigenvalue weighted by Crippen LogP contribution is 2.46. The molecule has 6 rings (SSSR count). The third-order valence-corrected chi connectivity index (χ3v) is 7.02. The molecule has 5 heterocycles. The molecule has 0 radical (unpaired) electrons. The van der Waals surface area contributed by atoms with Crippen molar-refractivity contribution < 1.29 is 27.8 Å². The summed E-state index contributed by atoms with van der Waals surface area (Å²) in [5.74, 6) is 0.204. The van der Waals surface area contributed by atoms with Crippen LogP contribution in [0.5, 0.6) is 5.75 Å². The van der Waals surface area contributed by atoms with Gasteiger partial charge in [-0.05, 0) is 19.1 Å². The number of halogens is 3. The molecule has 3 aliphatic rings. The molecule has 184 valence electrons. The van der Waals surface area contributed by atoms with E-state index in [-0.39, 0.29) is 18.7 Å². The third-order valence-electron chi connectivity index (χ3n) is 7.02. The molecule has 9 nitrogen and oxygen atoms in total. The second-order valence-electron chi connectivity index (χ2n) is 9.60. The summed E-state index contributed by atoms with van der Waals surface area (Å²) in [5, 5.41) is 16.9. The van der Waals surface area contributed by atoms with Gasteiger partial charge in [0.1, 0.15) is 16.9 Å². The van der Waals surface area contributed by atoms with Gasteiger partial charge in [-0.2, -0.15) is 18.3 Å². The average molecular weight is 488 g/mol. The maximum atomic E-state index is 13.2. The lowest BCUT2D eigenvalue weighted by Gasteiger charge is -2.63. The van der Waals surface area contributed by atoms with Gasteiger partial charge in [-0.1, -0.05) is 0 Å². The number of aromatic nitrogens is 3. The Labute approximate surface area is 198 Å². The van der Waals surface area contributed by atoms with Crippen molar-refractivity contribution >= 4 is 22.9 Å². The van der Waals surface area contributed by atoms with Crippen LogP contribution in [-0.2, 0) is 6.42 Å². The number of aliphatic hydroxyl groups excluding tert-OH is 1. The summed E-state index contributed by atoms with van der Waals surface area (Å²) in [6, 6.07) is 5.08. The van der Waals surface area contributed by atoms with E-state index < -0.39 is 24.2 Å². The van der Waals surface area contributed by atoms with E-state index in [0.717, 1.165) is 5.56 Å². The summed E-state index contributed by atoms with van der Waals surface area (Å²) in [7, 11) is 0. The molecule has 1 aromatic carbocycles. The van der Waals surface area contributed by atoms with Crippen LogP contribution < -0.4 is 15.0 Å². The Bertz CT molecular complexity index is 1330. The van der Waals surface area contributed by atoms with Crippen LogP contribution in [0.3, 0.4) is 0 Å². The van der Waals surface area contributed by atoms with Gasteiger partial charge in [0, 0.05) is 49.6 Å². The number of amides is 1. The first-order chi connectivity index (χ1) is 16.6. The van der Waals surface area contributed by atoms with E-state index in [1.807, 2.05) is 17.0 Å². The third kappa shape index (κ3) is 3.67. The van der Waals surface area contributed by atoms with E-state index in [9.17, 15) is 23.1 Å². The van der Waals surface area contributed by atoms with Crippen LogP contribution in [0.1, 0.15) is 22.8 Å². The molecule has 1 amide bonds. The largest absolute Gasteiger partial charge is 0.484 e. The fourth-order valence-electron chi connectivity index (χ4n) is 5.19. The van der Waals surface area contributed by atoms with Crippen molar-refractivity contribution in [2.24, 2.45) is 0 Å². The summed E-state index contributed by atoms with van der Waals surface area (Å²) >= 11 is 0. The number of nitrogens with zero attached hydrogens (tertiary/aromatic N) is 5. The topological polar surface area (TPSA) is 95.2 Å². The lowest BCUT2D eigenvalue weighted by atomic mass is 9.84. The zero-order valence-corrected chi connectivity index (χ0v) is 18.8. The summed E-state index contributed by atoms with van der Waals surface area (Å²) in [5.41, 5.74) is 1.98. The number of fused-ring (bicyclic) bond motifs is 3. The number of benzene rings is 1. The van der Waals surface area contributed by atoms with E-state index in [4.69, 9.17) is 4.74 Å². The van der Waals surface area contributed by atoms with E-state index in [1.165, 1.54) is 15.6 Å². The van der Waals surface area contributed by atoms with Crippen molar-refractivity contribution in [3.8, 4) is 5.75 Å². The number of hydrogen-bond acceptors (Lipinski definition) is 7. The first-order valence-electron chi connectivity index (χ1n) is 11.3. The summed E-state index contributed by atoms with van der Waals surface area (Å²) in [6.07, 6.45) is 0.938. The van der Waals surface area contributed by atoms with Gasteiger partial charge in [-0.3, -0.25) is 9.69 Å². The Morgan fingerprint density at radius 2 is 2.14 bits per heavy atom. The van der Waals surface area contributed by atoms with Crippen molar-refractivity contribution in [3.63, 3.8) is 0 Å². The number of nitrogens with one attached hydrogen (secondary N) is 1. The first kappa shape index (κ1) is 22.1. The van der Waals surface area contributed by atoms with Gasteiger partial charge in [0.25, 0.3) is 5.91 Å². The lowest BCUT2D eigenvalue weighted by Crippen LogP contribution is -2.79. The van der Waals surface area contributed by atoms with E-state index in [2.05, 4.69) is 15.4 Å². The molecule has 0 bridgehead atoms. The molecule has 2 saturated heterocycles. The molecular weight excluding hydrogens is 465 g/mol. The number of likely N-dealkylation sites (tertiary alicyclic amines) is 1. The minimum Gasteiger partial charge on any atom is -0.484 e. The average Bonchev–Trinajstić information content (AvgIpc) is 3.36. The Morgan fingerprint density at radius 1 is 1.31 bits per heavy atom. The van der Waals surface area contributed by atoms with Gasteiger partial charge in [0.05, 0.1) is 36.8 Å². The van der Waals surface area contributed by atoms with E-state index >= 15 is 0 Å². The molecule has 2 fully saturated rings. The standard InChI is InChI=1S/C23H23F3N6O3/c1-22(12-33)7-13-5-15(29-21(34)14-8-28-32-4-2-3-27-20(14)32)16(6-19(13)35-22)31-10-17-18(31)9-30(17)11-23(24,25)26/h2-6,8,17-18,33H,7,9-12H2,1H3,(H,29,34)/t17?,18-,22+/m0/s1. The Kier molecular flexibility index (Phi) is 4.77. The number of alkyl halides is 3. The van der Waals surface area contributed by atoms with E-state index in [1.54, 1.807) is 25.4 Å². The zero-order valence-electron chi connectivity index (χ0n) is 18.8. The second kappa shape index (κ2) is 7.56. The molecule has 3 aliphatic heterocycles. The molecule has 3 atom stereocenters. The molecule has 2 N–H and O–H groups in total. The van der Waals surface area contributed by atoms with Gasteiger partial charge in [-0.15, -0.1) is 0 Å². The number of ether oxygens (including phenoxy) is 1. The fraction of sp³-hybridized carbons (Fsp3) is 0.435. The van der Waals surface area contributed by atoms with Crippen LogP contribution in [0.2, 0.25) is 0 Å². The van der Waals surface area contributed by atoms with Crippen molar-refractivity contribution in [2.75, 3.05) is 36.5 Å². The number of piperazine rings is 1. The Hall–Kier alpha value is -3.38. The number of aliphatic hydroxyl groups is 1. The highest BCUT2D eigenvalue weighted by atomic mass is 19.4. The molecule has 0 saturated carbocycles. The monoisotopic (exact) mass is 488 g/mol. The smallest absolute Gasteiger partial charge is 0.401 e. The highest BCUT2D eigenvalue weighted by Gasteiger charge is 2.54. The van der Waals surface area contributed by atoms with Crippen LogP contribution >= 0.6 is 0 Å². The van der Waals surface area contributed by atoms with Crippen molar-refractivity contribution in [1.29, 1.82) is 0 Å². The van der Waals surface area contributed by atoms with Gasteiger partial charge in [0.15, 0.2) is 5.65 Å². The number of carbonyl (C=O) groups is 1. The van der Waals surface area contributed by atoms with E-state index in [0.29, 0.717) is 47.8 Å². The predicted molar refractivity (Wildman–Crippen MR) is 120 cm³/mol. The van der Waals surface area contributed by atoms with Crippen LogP contribution in [0.4, 0.5) is 24.5 Å². The van der Waals surface area contributed by atoms with Crippen molar-refractivity contribution in [1.82, 2.24) is 19.5 Å². The van der Waals surface area contributed by atoms with Gasteiger partial charge >= 0.3 is 6.18 Å². The van der Waals surface area contributed by atoms with Gasteiger partial charge in [0.2, 0.25) is 0 Å². The summed E-state index contributed by atoms with van der Waals surface area (Å²) in [4.78, 5) is 20.9. The molecule has 35 heavy (non-hydrogen) atoms. The number of carbonyl (C=O) groups excluding carboxylic acids is 1. The Morgan fingerprint density at radius 3 is 2.86 bits per heavy atom. The molecular formula is C23H23F3N6O3. The lowest BCUT2D eigenvalue weighted by molar-refractivity contribution is -0.170. The second-order valence-corrected chi connectivity index (χ2v) is 9.60. The van der Waals surface area contributed by atoms with Gasteiger partial charge in [-0.25, -0.2) is 9.50 Å². The van der Waals surface area contributed by atoms with Crippen molar-refractivity contribution in [2.45, 2.75) is 37.2 Å². The SMILES string of the molecule is C[C@]1(CO)Cc2cc(NC(=O)c3cnn4cccnc34)c(N3CC4[C@@H]3CN4CC(F)(F)F)cc2O1. The minimum absolute atomic E-state index is 0.0738. The fourth-order valence-corrected chi connectivity index (χ4v) is 5.19. The van der Waals surface area contributed by atoms with Crippen LogP contribution in [-0.4, -0.2) is 80.6 Å². The number of rotatable bonds is 5. The predicted octanol–water partition coefficient (Wildman–Crippen LogP) is 2.10. The maximum Gasteiger partial charge on any atom is 0.401 e. The molecule has 3 aromatic rings. The van der Waals surface area contributed by atoms with Crippen LogP contribution in [0.25, 0.3) is 5.65 Å². The Balaban J connectivity index is 1.30. The quantitative estimate of drug-likeness (QED) is 0.568.